The Morgan fingerprint density at radius 2 is 1.88 bits per heavy atom. The van der Waals surface area contributed by atoms with Crippen molar-refractivity contribution in [1.29, 1.82) is 0 Å². The molecule has 0 saturated carbocycles. The van der Waals surface area contributed by atoms with Crippen LogP contribution in [0.1, 0.15) is 30.1 Å². The number of nitrogens with one attached hydrogen (secondary N) is 1. The summed E-state index contributed by atoms with van der Waals surface area (Å²) in [5.74, 6) is -0.0471. The first-order valence-electron chi connectivity index (χ1n) is 9.22. The summed E-state index contributed by atoms with van der Waals surface area (Å²) in [4.78, 5) is 17.0. The summed E-state index contributed by atoms with van der Waals surface area (Å²) >= 11 is 0. The molecule has 2 heterocycles. The molecule has 2 aliphatic heterocycles. The fraction of sp³-hybridized carbons (Fsp3) is 0.611. The maximum absolute atomic E-state index is 12.7. The van der Waals surface area contributed by atoms with Crippen LogP contribution in [-0.4, -0.2) is 76.1 Å². The molecular formula is C18H27N3O4S. The zero-order chi connectivity index (χ0) is 18.6. The van der Waals surface area contributed by atoms with Gasteiger partial charge in [0.15, 0.2) is 0 Å². The summed E-state index contributed by atoms with van der Waals surface area (Å²) in [6, 6.07) is 6.15. The summed E-state index contributed by atoms with van der Waals surface area (Å²) < 4.78 is 32.1. The van der Waals surface area contributed by atoms with E-state index in [1.165, 1.54) is 12.1 Å². The second kappa shape index (κ2) is 8.47. The third kappa shape index (κ3) is 4.62. The Balaban J connectivity index is 1.55. The van der Waals surface area contributed by atoms with Crippen molar-refractivity contribution in [1.82, 2.24) is 14.5 Å². The number of amides is 1. The van der Waals surface area contributed by atoms with Crippen LogP contribution in [0.5, 0.6) is 0 Å². The van der Waals surface area contributed by atoms with E-state index in [4.69, 9.17) is 4.74 Å². The molecule has 8 heteroatoms. The van der Waals surface area contributed by atoms with Gasteiger partial charge in [0.2, 0.25) is 10.0 Å². The van der Waals surface area contributed by atoms with Crippen LogP contribution in [0.4, 0.5) is 0 Å². The minimum atomic E-state index is -3.49. The Bertz CT molecular complexity index is 706. The SMILES string of the molecule is CCNS(=O)(=O)c1ccc(C(=O)N2CCN(CC3CCCO3)CC2)cc1. The highest BCUT2D eigenvalue weighted by atomic mass is 32.2. The van der Waals surface area contributed by atoms with Gasteiger partial charge >= 0.3 is 0 Å². The number of nitrogens with zero attached hydrogens (tertiary/aromatic N) is 2. The Morgan fingerprint density at radius 3 is 2.46 bits per heavy atom. The van der Waals surface area contributed by atoms with Crippen LogP contribution in [-0.2, 0) is 14.8 Å². The van der Waals surface area contributed by atoms with Crippen molar-refractivity contribution in [2.24, 2.45) is 0 Å². The highest BCUT2D eigenvalue weighted by Crippen LogP contribution is 2.16. The zero-order valence-corrected chi connectivity index (χ0v) is 16.0. The lowest BCUT2D eigenvalue weighted by Crippen LogP contribution is -2.50. The molecule has 0 spiro atoms. The molecule has 1 N–H and O–H groups in total. The Kier molecular flexibility index (Phi) is 6.29. The van der Waals surface area contributed by atoms with E-state index in [1.807, 2.05) is 4.90 Å². The molecule has 2 aliphatic rings. The first kappa shape index (κ1) is 19.3. The summed E-state index contributed by atoms with van der Waals surface area (Å²) in [6.45, 7) is 6.93. The summed E-state index contributed by atoms with van der Waals surface area (Å²) in [5, 5.41) is 0. The van der Waals surface area contributed by atoms with Gasteiger partial charge in [-0.3, -0.25) is 9.69 Å². The fourth-order valence-corrected chi connectivity index (χ4v) is 4.48. The Labute approximate surface area is 155 Å². The third-order valence-electron chi connectivity index (χ3n) is 4.89. The molecule has 1 unspecified atom stereocenters. The normalized spacial score (nSPS) is 21.9. The molecular weight excluding hydrogens is 354 g/mol. The van der Waals surface area contributed by atoms with Crippen LogP contribution >= 0.6 is 0 Å². The van der Waals surface area contributed by atoms with Gasteiger partial charge < -0.3 is 9.64 Å². The van der Waals surface area contributed by atoms with Crippen molar-refractivity contribution in [3.63, 3.8) is 0 Å². The Hall–Kier alpha value is -1.48. The molecule has 1 amide bonds. The van der Waals surface area contributed by atoms with Gasteiger partial charge in [-0.25, -0.2) is 13.1 Å². The zero-order valence-electron chi connectivity index (χ0n) is 15.2. The van der Waals surface area contributed by atoms with E-state index in [2.05, 4.69) is 9.62 Å². The van der Waals surface area contributed by atoms with Gasteiger partial charge in [-0.1, -0.05) is 6.92 Å². The monoisotopic (exact) mass is 381 g/mol. The second-order valence-corrected chi connectivity index (χ2v) is 8.52. The molecule has 2 saturated heterocycles. The maximum atomic E-state index is 12.7. The van der Waals surface area contributed by atoms with Gasteiger partial charge in [-0.15, -0.1) is 0 Å². The van der Waals surface area contributed by atoms with E-state index >= 15 is 0 Å². The van der Waals surface area contributed by atoms with Crippen LogP contribution in [0.25, 0.3) is 0 Å². The predicted octanol–water partition coefficient (Wildman–Crippen LogP) is 0.922. The number of rotatable bonds is 6. The first-order chi connectivity index (χ1) is 12.5. The number of hydrogen-bond donors (Lipinski definition) is 1. The quantitative estimate of drug-likeness (QED) is 0.793. The van der Waals surface area contributed by atoms with Crippen molar-refractivity contribution in [3.05, 3.63) is 29.8 Å². The van der Waals surface area contributed by atoms with Crippen LogP contribution < -0.4 is 4.72 Å². The van der Waals surface area contributed by atoms with Crippen molar-refractivity contribution in [3.8, 4) is 0 Å². The van der Waals surface area contributed by atoms with Crippen LogP contribution in [0, 0.1) is 0 Å². The molecule has 1 aromatic rings. The van der Waals surface area contributed by atoms with Crippen LogP contribution in [0.3, 0.4) is 0 Å². The number of piperazine rings is 1. The average molecular weight is 381 g/mol. The number of carbonyl (C=O) groups excluding carboxylic acids is 1. The highest BCUT2D eigenvalue weighted by Gasteiger charge is 2.25. The lowest BCUT2D eigenvalue weighted by atomic mass is 10.1. The fourth-order valence-electron chi connectivity index (χ4n) is 3.44. The lowest BCUT2D eigenvalue weighted by Gasteiger charge is -2.35. The number of carbonyl (C=O) groups is 1. The van der Waals surface area contributed by atoms with E-state index in [0.717, 1.165) is 39.1 Å². The summed E-state index contributed by atoms with van der Waals surface area (Å²) in [7, 11) is -3.49. The summed E-state index contributed by atoms with van der Waals surface area (Å²) in [6.07, 6.45) is 2.60. The molecule has 1 atom stereocenters. The first-order valence-corrected chi connectivity index (χ1v) is 10.7. The van der Waals surface area contributed by atoms with Gasteiger partial charge in [0.1, 0.15) is 0 Å². The molecule has 1 aromatic carbocycles. The van der Waals surface area contributed by atoms with Crippen molar-refractivity contribution >= 4 is 15.9 Å². The highest BCUT2D eigenvalue weighted by molar-refractivity contribution is 7.89. The number of sulfonamides is 1. The minimum Gasteiger partial charge on any atom is -0.377 e. The van der Waals surface area contributed by atoms with Gasteiger partial charge in [0, 0.05) is 51.4 Å². The molecule has 3 rings (SSSR count). The molecule has 26 heavy (non-hydrogen) atoms. The molecule has 0 aromatic heterocycles. The van der Waals surface area contributed by atoms with E-state index in [-0.39, 0.29) is 10.8 Å². The van der Waals surface area contributed by atoms with Gasteiger partial charge in [-0.2, -0.15) is 0 Å². The number of benzene rings is 1. The lowest BCUT2D eigenvalue weighted by molar-refractivity contribution is 0.0432. The predicted molar refractivity (Wildman–Crippen MR) is 98.6 cm³/mol. The van der Waals surface area contributed by atoms with Gasteiger partial charge in [-0.05, 0) is 37.1 Å². The smallest absolute Gasteiger partial charge is 0.253 e. The molecule has 144 valence electrons. The largest absolute Gasteiger partial charge is 0.377 e. The van der Waals surface area contributed by atoms with Crippen LogP contribution in [0.2, 0.25) is 0 Å². The van der Waals surface area contributed by atoms with E-state index in [9.17, 15) is 13.2 Å². The molecule has 7 nitrogen and oxygen atoms in total. The van der Waals surface area contributed by atoms with Crippen LogP contribution in [0.15, 0.2) is 29.2 Å². The standard InChI is InChI=1S/C18H27N3O4S/c1-2-19-26(23,24)17-7-5-15(6-8-17)18(22)21-11-9-20(10-12-21)14-16-4-3-13-25-16/h5-8,16,19H,2-4,9-14H2,1H3. The van der Waals surface area contributed by atoms with Gasteiger partial charge in [0.25, 0.3) is 5.91 Å². The summed E-state index contributed by atoms with van der Waals surface area (Å²) in [5.41, 5.74) is 0.521. The maximum Gasteiger partial charge on any atom is 0.253 e. The Morgan fingerprint density at radius 1 is 1.19 bits per heavy atom. The van der Waals surface area contributed by atoms with Crippen molar-refractivity contribution in [2.45, 2.75) is 30.8 Å². The average Bonchev–Trinajstić information content (AvgIpc) is 3.15. The van der Waals surface area contributed by atoms with Crippen molar-refractivity contribution < 1.29 is 17.9 Å². The number of ether oxygens (including phenoxy) is 1. The van der Waals surface area contributed by atoms with E-state index in [0.29, 0.717) is 31.3 Å². The molecule has 2 fully saturated rings. The third-order valence-corrected chi connectivity index (χ3v) is 6.45. The van der Waals surface area contributed by atoms with Gasteiger partial charge in [0.05, 0.1) is 11.0 Å². The molecule has 0 aliphatic carbocycles. The van der Waals surface area contributed by atoms with E-state index in [1.54, 1.807) is 19.1 Å². The minimum absolute atomic E-state index is 0.0471. The topological polar surface area (TPSA) is 79.0 Å². The number of hydrogen-bond acceptors (Lipinski definition) is 5. The molecule has 0 bridgehead atoms. The molecule has 0 radical (unpaired) electrons. The van der Waals surface area contributed by atoms with Crippen molar-refractivity contribution in [2.75, 3.05) is 45.9 Å². The van der Waals surface area contributed by atoms with E-state index < -0.39 is 10.0 Å². The second-order valence-electron chi connectivity index (χ2n) is 6.75.